The number of nitrogens with zero attached hydrogens (tertiary/aromatic N) is 2. The lowest BCUT2D eigenvalue weighted by Gasteiger charge is -2.13. The van der Waals surface area contributed by atoms with Crippen molar-refractivity contribution in [2.45, 2.75) is 20.5 Å². The third-order valence-electron chi connectivity index (χ3n) is 4.34. The molecule has 0 N–H and O–H groups in total. The van der Waals surface area contributed by atoms with Crippen LogP contribution >= 0.6 is 11.6 Å². The van der Waals surface area contributed by atoms with Crippen molar-refractivity contribution in [2.75, 3.05) is 13.2 Å². The number of rotatable bonds is 10. The van der Waals surface area contributed by atoms with Gasteiger partial charge in [0.1, 0.15) is 12.4 Å². The van der Waals surface area contributed by atoms with Crippen LogP contribution in [0, 0.1) is 0 Å². The van der Waals surface area contributed by atoms with E-state index < -0.39 is 0 Å². The monoisotopic (exact) mass is 440 g/mol. The van der Waals surface area contributed by atoms with Crippen LogP contribution in [-0.4, -0.2) is 28.8 Å². The van der Waals surface area contributed by atoms with E-state index in [0.717, 1.165) is 22.6 Å². The highest BCUT2D eigenvalue weighted by atomic mass is 35.5. The number of halogens is 1. The molecule has 0 amide bonds. The molecule has 3 aromatic rings. The summed E-state index contributed by atoms with van der Waals surface area (Å²) >= 11 is 6.01. The molecule has 162 valence electrons. The van der Waals surface area contributed by atoms with Crippen LogP contribution in [0.3, 0.4) is 0 Å². The molecule has 0 aliphatic carbocycles. The predicted octanol–water partition coefficient (Wildman–Crippen LogP) is 5.35. The van der Waals surface area contributed by atoms with Crippen molar-refractivity contribution in [3.05, 3.63) is 76.6 Å². The van der Waals surface area contributed by atoms with Gasteiger partial charge in [0.25, 0.3) is 0 Å². The second-order valence-corrected chi connectivity index (χ2v) is 7.11. The van der Waals surface area contributed by atoms with E-state index in [1.807, 2.05) is 56.3 Å². The zero-order chi connectivity index (χ0) is 22.2. The maximum absolute atomic E-state index is 12.2. The molecule has 0 fully saturated rings. The van der Waals surface area contributed by atoms with Crippen molar-refractivity contribution in [3.8, 4) is 17.2 Å². The standard InChI is InChI=1S/C24H25ClN2O4/c1-4-29-22-13-9-18(14-23(22)30-5-2)16-31-19-10-6-17(7-11-19)8-12-21(28)24-20(25)15-27(3)26-24/h6-15H,4-5,16H2,1-3H3/b12-8+. The van der Waals surface area contributed by atoms with E-state index in [-0.39, 0.29) is 11.5 Å². The average Bonchev–Trinajstić information content (AvgIpc) is 3.11. The summed E-state index contributed by atoms with van der Waals surface area (Å²) in [4.78, 5) is 12.2. The molecule has 0 aliphatic rings. The summed E-state index contributed by atoms with van der Waals surface area (Å²) in [5.41, 5.74) is 2.09. The maximum Gasteiger partial charge on any atom is 0.207 e. The molecule has 3 rings (SSSR count). The number of allylic oxidation sites excluding steroid dienone is 1. The van der Waals surface area contributed by atoms with Crippen molar-refractivity contribution >= 4 is 23.5 Å². The molecule has 31 heavy (non-hydrogen) atoms. The first-order valence-corrected chi connectivity index (χ1v) is 10.4. The lowest BCUT2D eigenvalue weighted by Crippen LogP contribution is -2.01. The first kappa shape index (κ1) is 22.4. The number of ether oxygens (including phenoxy) is 3. The Morgan fingerprint density at radius 1 is 1.03 bits per heavy atom. The molecular formula is C24H25ClN2O4. The van der Waals surface area contributed by atoms with Gasteiger partial charge in [-0.15, -0.1) is 0 Å². The number of ketones is 1. The fraction of sp³-hybridized carbons (Fsp3) is 0.250. The van der Waals surface area contributed by atoms with Gasteiger partial charge in [-0.25, -0.2) is 0 Å². The Morgan fingerprint density at radius 3 is 2.39 bits per heavy atom. The lowest BCUT2D eigenvalue weighted by molar-refractivity contribution is 0.104. The van der Waals surface area contributed by atoms with Crippen molar-refractivity contribution < 1.29 is 19.0 Å². The van der Waals surface area contributed by atoms with E-state index in [2.05, 4.69) is 5.10 Å². The van der Waals surface area contributed by atoms with E-state index in [9.17, 15) is 4.79 Å². The Morgan fingerprint density at radius 2 is 1.74 bits per heavy atom. The van der Waals surface area contributed by atoms with Gasteiger partial charge in [-0.3, -0.25) is 9.48 Å². The van der Waals surface area contributed by atoms with Crippen LogP contribution in [0.4, 0.5) is 0 Å². The van der Waals surface area contributed by atoms with E-state index >= 15 is 0 Å². The zero-order valence-electron chi connectivity index (χ0n) is 17.8. The minimum absolute atomic E-state index is 0.238. The smallest absolute Gasteiger partial charge is 0.207 e. The maximum atomic E-state index is 12.2. The molecule has 0 aliphatic heterocycles. The van der Waals surface area contributed by atoms with Gasteiger partial charge in [0, 0.05) is 13.2 Å². The number of benzene rings is 2. The number of hydrogen-bond donors (Lipinski definition) is 0. The fourth-order valence-corrected chi connectivity index (χ4v) is 3.18. The van der Waals surface area contributed by atoms with Crippen LogP contribution in [0.2, 0.25) is 5.02 Å². The molecule has 0 spiro atoms. The van der Waals surface area contributed by atoms with E-state index in [1.54, 1.807) is 19.3 Å². The second-order valence-electron chi connectivity index (χ2n) is 6.70. The Bertz CT molecular complexity index is 1060. The van der Waals surface area contributed by atoms with E-state index in [4.69, 9.17) is 25.8 Å². The van der Waals surface area contributed by atoms with Crippen LogP contribution in [0.25, 0.3) is 6.08 Å². The van der Waals surface area contributed by atoms with Gasteiger partial charge in [-0.05, 0) is 55.3 Å². The quantitative estimate of drug-likeness (QED) is 0.314. The highest BCUT2D eigenvalue weighted by Crippen LogP contribution is 2.29. The van der Waals surface area contributed by atoms with Gasteiger partial charge in [0.05, 0.1) is 18.2 Å². The predicted molar refractivity (Wildman–Crippen MR) is 121 cm³/mol. The second kappa shape index (κ2) is 10.7. The number of hydrogen-bond acceptors (Lipinski definition) is 5. The normalized spacial score (nSPS) is 11.0. The third-order valence-corrected chi connectivity index (χ3v) is 4.61. The molecule has 0 saturated carbocycles. The van der Waals surface area contributed by atoms with E-state index in [0.29, 0.717) is 30.6 Å². The molecule has 0 atom stereocenters. The molecular weight excluding hydrogens is 416 g/mol. The highest BCUT2D eigenvalue weighted by molar-refractivity contribution is 6.34. The molecule has 0 radical (unpaired) electrons. The number of carbonyl (C=O) groups is 1. The fourth-order valence-electron chi connectivity index (χ4n) is 2.90. The van der Waals surface area contributed by atoms with Gasteiger partial charge >= 0.3 is 0 Å². The largest absolute Gasteiger partial charge is 0.490 e. The first-order chi connectivity index (χ1) is 15.0. The minimum Gasteiger partial charge on any atom is -0.490 e. The summed E-state index contributed by atoms with van der Waals surface area (Å²) < 4.78 is 18.6. The lowest BCUT2D eigenvalue weighted by atomic mass is 10.1. The van der Waals surface area contributed by atoms with Crippen LogP contribution in [0.1, 0.15) is 35.5 Å². The number of aryl methyl sites for hydroxylation is 1. The molecule has 0 saturated heterocycles. The molecule has 0 unspecified atom stereocenters. The number of aromatic nitrogens is 2. The van der Waals surface area contributed by atoms with Gasteiger partial charge < -0.3 is 14.2 Å². The molecule has 1 aromatic heterocycles. The van der Waals surface area contributed by atoms with Crippen molar-refractivity contribution in [1.82, 2.24) is 9.78 Å². The average molecular weight is 441 g/mol. The van der Waals surface area contributed by atoms with Crippen LogP contribution < -0.4 is 14.2 Å². The minimum atomic E-state index is -0.244. The summed E-state index contributed by atoms with van der Waals surface area (Å²) in [7, 11) is 1.72. The number of carbonyl (C=O) groups excluding carboxylic acids is 1. The van der Waals surface area contributed by atoms with Gasteiger partial charge in [-0.2, -0.15) is 5.10 Å². The van der Waals surface area contributed by atoms with Gasteiger partial charge in [0.2, 0.25) is 5.78 Å². The first-order valence-electron chi connectivity index (χ1n) is 10.0. The Kier molecular flexibility index (Phi) is 7.73. The Balaban J connectivity index is 1.60. The van der Waals surface area contributed by atoms with Crippen LogP contribution in [0.5, 0.6) is 17.2 Å². The molecule has 7 heteroatoms. The summed E-state index contributed by atoms with van der Waals surface area (Å²) in [6.45, 7) is 5.42. The zero-order valence-corrected chi connectivity index (χ0v) is 18.6. The summed E-state index contributed by atoms with van der Waals surface area (Å²) in [6.07, 6.45) is 4.77. The molecule has 2 aromatic carbocycles. The molecule has 6 nitrogen and oxygen atoms in total. The third kappa shape index (κ3) is 6.12. The van der Waals surface area contributed by atoms with E-state index in [1.165, 1.54) is 10.8 Å². The van der Waals surface area contributed by atoms with Crippen molar-refractivity contribution in [2.24, 2.45) is 7.05 Å². The Hall–Kier alpha value is -3.25. The van der Waals surface area contributed by atoms with Gasteiger partial charge in [-0.1, -0.05) is 35.9 Å². The summed E-state index contributed by atoms with van der Waals surface area (Å²) in [6, 6.07) is 13.3. The molecule has 0 bridgehead atoms. The van der Waals surface area contributed by atoms with Crippen molar-refractivity contribution in [1.29, 1.82) is 0 Å². The SMILES string of the molecule is CCOc1ccc(COc2ccc(/C=C/C(=O)c3nn(C)cc3Cl)cc2)cc1OCC. The molecule has 1 heterocycles. The van der Waals surface area contributed by atoms with Crippen molar-refractivity contribution in [3.63, 3.8) is 0 Å². The van der Waals surface area contributed by atoms with Crippen LogP contribution in [-0.2, 0) is 13.7 Å². The topological polar surface area (TPSA) is 62.6 Å². The highest BCUT2D eigenvalue weighted by Gasteiger charge is 2.11. The van der Waals surface area contributed by atoms with Gasteiger partial charge in [0.15, 0.2) is 17.2 Å². The summed E-state index contributed by atoms with van der Waals surface area (Å²) in [5, 5.41) is 4.41. The summed E-state index contributed by atoms with van der Waals surface area (Å²) in [5.74, 6) is 1.92. The van der Waals surface area contributed by atoms with Crippen LogP contribution in [0.15, 0.2) is 54.7 Å². The Labute approximate surface area is 187 Å².